The number of fused-ring (bicyclic) bond motifs is 1. The number of hydrogen-bond donors (Lipinski definition) is 4. The minimum atomic E-state index is -1.47. The summed E-state index contributed by atoms with van der Waals surface area (Å²) in [4.78, 5) is 12.4. The van der Waals surface area contributed by atoms with Gasteiger partial charge in [-0.2, -0.15) is 0 Å². The van der Waals surface area contributed by atoms with Gasteiger partial charge in [-0.1, -0.05) is 24.1 Å². The first-order valence-electron chi connectivity index (χ1n) is 9.90. The SMILES string of the molecule is CC(C)=CC(=O)CC1(C)C2CC1C(O[C@@H]1O[C@H](CO)[C@@H](O)[C@H](O)[C@H]1O)C=C2C. The molecule has 4 unspecified atom stereocenters. The van der Waals surface area contributed by atoms with E-state index in [2.05, 4.69) is 6.92 Å². The molecule has 7 heteroatoms. The Bertz CT molecular complexity index is 666. The molecule has 7 nitrogen and oxygen atoms in total. The molecule has 4 N–H and O–H groups in total. The lowest BCUT2D eigenvalue weighted by Gasteiger charge is -2.60. The van der Waals surface area contributed by atoms with E-state index in [1.165, 1.54) is 0 Å². The number of ketones is 1. The van der Waals surface area contributed by atoms with Crippen LogP contribution in [0.25, 0.3) is 0 Å². The Balaban J connectivity index is 1.75. The van der Waals surface area contributed by atoms with Crippen LogP contribution < -0.4 is 0 Å². The number of carbonyl (C=O) groups excluding carboxylic acids is 1. The summed E-state index contributed by atoms with van der Waals surface area (Å²) in [6.07, 6.45) is -1.88. The molecule has 0 amide bonds. The summed E-state index contributed by atoms with van der Waals surface area (Å²) in [6.45, 7) is 7.43. The van der Waals surface area contributed by atoms with Crippen LogP contribution in [0, 0.1) is 17.3 Å². The highest BCUT2D eigenvalue weighted by atomic mass is 16.7. The third kappa shape index (κ3) is 3.72. The van der Waals surface area contributed by atoms with Crippen LogP contribution in [-0.4, -0.2) is 69.6 Å². The second kappa shape index (κ2) is 7.97. The van der Waals surface area contributed by atoms with Crippen molar-refractivity contribution in [3.05, 3.63) is 23.3 Å². The lowest BCUT2D eigenvalue weighted by Crippen LogP contribution is -2.62. The molecule has 2 bridgehead atoms. The van der Waals surface area contributed by atoms with Crippen LogP contribution in [0.3, 0.4) is 0 Å². The Morgan fingerprint density at radius 2 is 1.96 bits per heavy atom. The van der Waals surface area contributed by atoms with E-state index in [-0.39, 0.29) is 23.2 Å². The van der Waals surface area contributed by atoms with E-state index in [1.54, 1.807) is 6.08 Å². The second-order valence-corrected chi connectivity index (χ2v) is 8.97. The summed E-state index contributed by atoms with van der Waals surface area (Å²) >= 11 is 0. The first-order valence-corrected chi connectivity index (χ1v) is 9.90. The van der Waals surface area contributed by atoms with E-state index in [9.17, 15) is 25.2 Å². The van der Waals surface area contributed by atoms with Gasteiger partial charge in [-0.05, 0) is 50.5 Å². The number of rotatable bonds is 6. The van der Waals surface area contributed by atoms with Crippen molar-refractivity contribution in [3.63, 3.8) is 0 Å². The topological polar surface area (TPSA) is 116 Å². The van der Waals surface area contributed by atoms with E-state index in [0.717, 1.165) is 17.6 Å². The van der Waals surface area contributed by atoms with Crippen LogP contribution in [0.1, 0.15) is 40.5 Å². The van der Waals surface area contributed by atoms with Gasteiger partial charge in [0.1, 0.15) is 24.4 Å². The molecular formula is C21H32O7. The van der Waals surface area contributed by atoms with E-state index < -0.39 is 37.3 Å². The molecule has 1 heterocycles. The standard InChI is InChI=1S/C21H32O7/c1-10(2)5-12(23)8-21(4)13-7-14(21)15(6-11(13)3)27-20-19(26)18(25)17(24)16(9-22)28-20/h5-6,13-20,22,24-26H,7-9H2,1-4H3/t13?,14?,15?,16-,17-,18+,19-,20-,21?/m1/s1. The molecule has 3 aliphatic carbocycles. The van der Waals surface area contributed by atoms with Gasteiger partial charge in [0.2, 0.25) is 0 Å². The Morgan fingerprint density at radius 3 is 2.54 bits per heavy atom. The smallest absolute Gasteiger partial charge is 0.187 e. The summed E-state index contributed by atoms with van der Waals surface area (Å²) in [5, 5.41) is 39.5. The average molecular weight is 396 g/mol. The van der Waals surface area contributed by atoms with Crippen LogP contribution in [0.5, 0.6) is 0 Å². The minimum Gasteiger partial charge on any atom is -0.394 e. The maximum Gasteiger partial charge on any atom is 0.187 e. The summed E-state index contributed by atoms with van der Waals surface area (Å²) in [7, 11) is 0. The van der Waals surface area contributed by atoms with Crippen molar-refractivity contribution in [1.29, 1.82) is 0 Å². The van der Waals surface area contributed by atoms with Crippen molar-refractivity contribution in [2.24, 2.45) is 17.3 Å². The fourth-order valence-electron chi connectivity index (χ4n) is 5.07. The van der Waals surface area contributed by atoms with Gasteiger partial charge < -0.3 is 29.9 Å². The Kier molecular flexibility index (Phi) is 6.15. The molecule has 0 aromatic heterocycles. The summed E-state index contributed by atoms with van der Waals surface area (Å²) < 4.78 is 11.5. The number of aliphatic hydroxyl groups excluding tert-OH is 4. The molecule has 0 radical (unpaired) electrons. The molecule has 0 spiro atoms. The monoisotopic (exact) mass is 396 g/mol. The summed E-state index contributed by atoms with van der Waals surface area (Å²) in [5.41, 5.74) is 1.88. The Morgan fingerprint density at radius 1 is 1.29 bits per heavy atom. The number of carbonyl (C=O) groups is 1. The first kappa shape index (κ1) is 21.6. The zero-order valence-corrected chi connectivity index (χ0v) is 16.9. The molecule has 0 aromatic carbocycles. The third-order valence-corrected chi connectivity index (χ3v) is 6.65. The van der Waals surface area contributed by atoms with Crippen molar-refractivity contribution in [1.82, 2.24) is 0 Å². The minimum absolute atomic E-state index is 0.0862. The lowest BCUT2D eigenvalue weighted by molar-refractivity contribution is -0.318. The maximum absolute atomic E-state index is 12.4. The Hall–Kier alpha value is -1.09. The predicted molar refractivity (Wildman–Crippen MR) is 101 cm³/mol. The van der Waals surface area contributed by atoms with E-state index >= 15 is 0 Å². The van der Waals surface area contributed by atoms with Crippen molar-refractivity contribution in [2.75, 3.05) is 6.61 Å². The highest BCUT2D eigenvalue weighted by molar-refractivity contribution is 5.90. The number of aliphatic hydroxyl groups is 4. The van der Waals surface area contributed by atoms with Crippen LogP contribution in [0.15, 0.2) is 23.3 Å². The van der Waals surface area contributed by atoms with Crippen molar-refractivity contribution >= 4 is 5.78 Å². The highest BCUT2D eigenvalue weighted by Gasteiger charge is 2.59. The molecule has 9 atom stereocenters. The lowest BCUT2D eigenvalue weighted by atomic mass is 9.46. The molecular weight excluding hydrogens is 364 g/mol. The normalized spacial score (nSPS) is 45.1. The number of hydrogen-bond acceptors (Lipinski definition) is 7. The van der Waals surface area contributed by atoms with Crippen LogP contribution in [-0.2, 0) is 14.3 Å². The fraction of sp³-hybridized carbons (Fsp3) is 0.762. The number of ether oxygens (including phenoxy) is 2. The molecule has 2 fully saturated rings. The molecule has 1 saturated heterocycles. The molecule has 158 valence electrons. The number of allylic oxidation sites excluding steroid dienone is 3. The first-order chi connectivity index (χ1) is 13.1. The van der Waals surface area contributed by atoms with Gasteiger partial charge in [-0.3, -0.25) is 4.79 Å². The molecule has 0 aromatic rings. The van der Waals surface area contributed by atoms with Crippen LogP contribution in [0.4, 0.5) is 0 Å². The largest absolute Gasteiger partial charge is 0.394 e. The Labute approximate surface area is 165 Å². The predicted octanol–water partition coefficient (Wildman–Crippen LogP) is 0.699. The average Bonchev–Trinajstić information content (AvgIpc) is 2.60. The van der Waals surface area contributed by atoms with Gasteiger partial charge in [-0.15, -0.1) is 0 Å². The maximum atomic E-state index is 12.4. The van der Waals surface area contributed by atoms with Gasteiger partial charge in [-0.25, -0.2) is 0 Å². The van der Waals surface area contributed by atoms with E-state index in [0.29, 0.717) is 12.3 Å². The molecule has 1 saturated carbocycles. The van der Waals surface area contributed by atoms with Crippen molar-refractivity contribution in [3.8, 4) is 0 Å². The van der Waals surface area contributed by atoms with E-state index in [4.69, 9.17) is 9.47 Å². The quantitative estimate of drug-likeness (QED) is 0.386. The van der Waals surface area contributed by atoms with Gasteiger partial charge >= 0.3 is 0 Å². The van der Waals surface area contributed by atoms with Gasteiger partial charge in [0.25, 0.3) is 0 Å². The summed E-state index contributed by atoms with van der Waals surface area (Å²) in [6, 6.07) is 0. The van der Waals surface area contributed by atoms with Gasteiger partial charge in [0, 0.05) is 6.42 Å². The zero-order valence-electron chi connectivity index (χ0n) is 16.9. The fourth-order valence-corrected chi connectivity index (χ4v) is 5.07. The van der Waals surface area contributed by atoms with Crippen molar-refractivity contribution in [2.45, 2.75) is 77.3 Å². The molecule has 4 aliphatic rings. The van der Waals surface area contributed by atoms with Gasteiger partial charge in [0.15, 0.2) is 12.1 Å². The highest BCUT2D eigenvalue weighted by Crippen LogP contribution is 2.62. The van der Waals surface area contributed by atoms with Gasteiger partial charge in [0.05, 0.1) is 12.7 Å². The van der Waals surface area contributed by atoms with Crippen molar-refractivity contribution < 1.29 is 34.7 Å². The summed E-state index contributed by atoms with van der Waals surface area (Å²) in [5.74, 6) is 0.503. The van der Waals surface area contributed by atoms with E-state index in [1.807, 2.05) is 26.8 Å². The zero-order chi connectivity index (χ0) is 20.8. The second-order valence-electron chi connectivity index (χ2n) is 8.97. The third-order valence-electron chi connectivity index (χ3n) is 6.65. The van der Waals surface area contributed by atoms with Crippen LogP contribution in [0.2, 0.25) is 0 Å². The van der Waals surface area contributed by atoms with Crippen LogP contribution >= 0.6 is 0 Å². The molecule has 4 rings (SSSR count). The molecule has 28 heavy (non-hydrogen) atoms. The molecule has 1 aliphatic heterocycles.